The van der Waals surface area contributed by atoms with E-state index >= 15 is 0 Å². The zero-order valence-corrected chi connectivity index (χ0v) is 7.60. The Morgan fingerprint density at radius 1 is 1.58 bits per heavy atom. The van der Waals surface area contributed by atoms with E-state index in [2.05, 4.69) is 4.98 Å². The van der Waals surface area contributed by atoms with Crippen molar-refractivity contribution in [3.63, 3.8) is 0 Å². The van der Waals surface area contributed by atoms with Gasteiger partial charge in [0.05, 0.1) is 12.7 Å². The van der Waals surface area contributed by atoms with Crippen LogP contribution in [-0.4, -0.2) is 12.1 Å². The van der Waals surface area contributed by atoms with Gasteiger partial charge < -0.3 is 9.72 Å². The number of aryl methyl sites for hydroxylation is 1. The van der Waals surface area contributed by atoms with E-state index in [9.17, 15) is 4.79 Å². The van der Waals surface area contributed by atoms with Gasteiger partial charge in [-0.15, -0.1) is 0 Å². The first-order valence-electron chi connectivity index (χ1n) is 3.95. The van der Waals surface area contributed by atoms with Crippen molar-refractivity contribution >= 4 is 0 Å². The van der Waals surface area contributed by atoms with Crippen LogP contribution < -0.4 is 10.3 Å². The molecule has 1 N–H and O–H groups in total. The molecule has 66 valence electrons. The van der Waals surface area contributed by atoms with Crippen molar-refractivity contribution in [3.8, 4) is 5.75 Å². The maximum absolute atomic E-state index is 11.3. The molecule has 12 heavy (non-hydrogen) atoms. The highest BCUT2D eigenvalue weighted by Gasteiger charge is 2.05. The van der Waals surface area contributed by atoms with Crippen LogP contribution in [0.3, 0.4) is 0 Å². The molecule has 0 fully saturated rings. The van der Waals surface area contributed by atoms with Crippen LogP contribution in [0.15, 0.2) is 10.9 Å². The highest BCUT2D eigenvalue weighted by atomic mass is 16.5. The molecule has 3 nitrogen and oxygen atoms in total. The molecule has 1 aromatic heterocycles. The average Bonchev–Trinajstić information content (AvgIpc) is 2.03. The largest absolute Gasteiger partial charge is 0.496 e. The number of nitrogens with one attached hydrogen (secondary N) is 1. The summed E-state index contributed by atoms with van der Waals surface area (Å²) in [6.07, 6.45) is 0.693. The van der Waals surface area contributed by atoms with Crippen molar-refractivity contribution in [2.24, 2.45) is 0 Å². The van der Waals surface area contributed by atoms with Gasteiger partial charge in [-0.25, -0.2) is 0 Å². The van der Waals surface area contributed by atoms with Crippen molar-refractivity contribution in [3.05, 3.63) is 27.7 Å². The molecule has 0 atom stereocenters. The van der Waals surface area contributed by atoms with Crippen LogP contribution in [0, 0.1) is 6.92 Å². The summed E-state index contributed by atoms with van der Waals surface area (Å²) in [4.78, 5) is 14.0. The Bertz CT molecular complexity index is 328. The Morgan fingerprint density at radius 3 is 2.75 bits per heavy atom. The molecule has 1 aromatic rings. The zero-order chi connectivity index (χ0) is 9.14. The second-order valence-electron chi connectivity index (χ2n) is 2.68. The van der Waals surface area contributed by atoms with Crippen LogP contribution in [0.1, 0.15) is 18.2 Å². The zero-order valence-electron chi connectivity index (χ0n) is 7.60. The third-order valence-corrected chi connectivity index (χ3v) is 1.80. The van der Waals surface area contributed by atoms with Crippen molar-refractivity contribution in [2.75, 3.05) is 7.11 Å². The monoisotopic (exact) mass is 167 g/mol. The van der Waals surface area contributed by atoms with Crippen LogP contribution in [0.25, 0.3) is 0 Å². The van der Waals surface area contributed by atoms with Crippen LogP contribution in [0.2, 0.25) is 0 Å². The fourth-order valence-corrected chi connectivity index (χ4v) is 1.20. The summed E-state index contributed by atoms with van der Waals surface area (Å²) in [5, 5.41) is 0. The first kappa shape index (κ1) is 8.84. The van der Waals surface area contributed by atoms with E-state index in [4.69, 9.17) is 4.74 Å². The standard InChI is InChI=1S/C9H13NO2/c1-4-7-8(12-3)5-6(2)10-9(7)11/h5H,4H2,1-3H3,(H,10,11). The number of methoxy groups -OCH3 is 1. The van der Waals surface area contributed by atoms with Crippen LogP contribution >= 0.6 is 0 Å². The predicted molar refractivity (Wildman–Crippen MR) is 47.7 cm³/mol. The van der Waals surface area contributed by atoms with Crippen LogP contribution in [0.4, 0.5) is 0 Å². The number of aromatic nitrogens is 1. The quantitative estimate of drug-likeness (QED) is 0.720. The number of rotatable bonds is 2. The normalized spacial score (nSPS) is 9.92. The van der Waals surface area contributed by atoms with Crippen LogP contribution in [-0.2, 0) is 6.42 Å². The number of pyridine rings is 1. The average molecular weight is 167 g/mol. The van der Waals surface area contributed by atoms with Gasteiger partial charge >= 0.3 is 0 Å². The molecule has 0 amide bonds. The lowest BCUT2D eigenvalue weighted by Crippen LogP contribution is -2.14. The molecule has 0 aliphatic rings. The van der Waals surface area contributed by atoms with Gasteiger partial charge in [0.25, 0.3) is 5.56 Å². The molecule has 0 saturated carbocycles. The molecule has 0 spiro atoms. The van der Waals surface area contributed by atoms with Gasteiger partial charge in [0.1, 0.15) is 5.75 Å². The SMILES string of the molecule is CCc1c(OC)cc(C)[nH]c1=O. The fraction of sp³-hybridized carbons (Fsp3) is 0.444. The Kier molecular flexibility index (Phi) is 2.53. The number of ether oxygens (including phenoxy) is 1. The minimum absolute atomic E-state index is 0.0469. The summed E-state index contributed by atoms with van der Waals surface area (Å²) in [5.74, 6) is 0.679. The molecule has 0 saturated heterocycles. The van der Waals surface area contributed by atoms with Gasteiger partial charge in [0, 0.05) is 5.69 Å². The lowest BCUT2D eigenvalue weighted by atomic mass is 10.2. The molecular formula is C9H13NO2. The van der Waals surface area contributed by atoms with Crippen molar-refractivity contribution in [1.82, 2.24) is 4.98 Å². The number of H-pyrrole nitrogens is 1. The summed E-state index contributed by atoms with van der Waals surface area (Å²) in [6, 6.07) is 1.83. The molecule has 0 radical (unpaired) electrons. The lowest BCUT2D eigenvalue weighted by molar-refractivity contribution is 0.408. The Labute approximate surface area is 71.4 Å². The topological polar surface area (TPSA) is 42.1 Å². The third kappa shape index (κ3) is 1.49. The van der Waals surface area contributed by atoms with E-state index in [1.54, 1.807) is 7.11 Å². The number of hydrogen-bond acceptors (Lipinski definition) is 2. The third-order valence-electron chi connectivity index (χ3n) is 1.80. The van der Waals surface area contributed by atoms with E-state index in [1.165, 1.54) is 0 Å². The molecule has 1 heterocycles. The lowest BCUT2D eigenvalue weighted by Gasteiger charge is -2.05. The first-order chi connectivity index (χ1) is 5.69. The molecule has 3 heteroatoms. The van der Waals surface area contributed by atoms with E-state index < -0.39 is 0 Å². The Hall–Kier alpha value is -1.25. The van der Waals surface area contributed by atoms with E-state index in [0.29, 0.717) is 17.7 Å². The van der Waals surface area contributed by atoms with Gasteiger partial charge in [-0.3, -0.25) is 4.79 Å². The molecular weight excluding hydrogens is 154 g/mol. The number of aromatic amines is 1. The van der Waals surface area contributed by atoms with E-state index in [1.807, 2.05) is 19.9 Å². The van der Waals surface area contributed by atoms with Gasteiger partial charge in [0.2, 0.25) is 0 Å². The van der Waals surface area contributed by atoms with Gasteiger partial charge in [0.15, 0.2) is 0 Å². The molecule has 0 aliphatic carbocycles. The van der Waals surface area contributed by atoms with E-state index in [-0.39, 0.29) is 5.56 Å². The summed E-state index contributed by atoms with van der Waals surface area (Å²) >= 11 is 0. The minimum atomic E-state index is -0.0469. The summed E-state index contributed by atoms with van der Waals surface area (Å²) in [7, 11) is 1.58. The van der Waals surface area contributed by atoms with Gasteiger partial charge in [-0.05, 0) is 19.4 Å². The molecule has 0 aromatic carbocycles. The molecule has 1 rings (SSSR count). The smallest absolute Gasteiger partial charge is 0.255 e. The van der Waals surface area contributed by atoms with E-state index in [0.717, 1.165) is 5.69 Å². The maximum atomic E-state index is 11.3. The second-order valence-corrected chi connectivity index (χ2v) is 2.68. The second kappa shape index (κ2) is 3.43. The molecule has 0 bridgehead atoms. The summed E-state index contributed by atoms with van der Waals surface area (Å²) < 4.78 is 5.08. The van der Waals surface area contributed by atoms with Crippen molar-refractivity contribution in [1.29, 1.82) is 0 Å². The van der Waals surface area contributed by atoms with Crippen molar-refractivity contribution < 1.29 is 4.74 Å². The summed E-state index contributed by atoms with van der Waals surface area (Å²) in [5.41, 5.74) is 1.49. The molecule has 0 aliphatic heterocycles. The first-order valence-corrected chi connectivity index (χ1v) is 3.95. The van der Waals surface area contributed by atoms with Crippen molar-refractivity contribution in [2.45, 2.75) is 20.3 Å². The number of hydrogen-bond donors (Lipinski definition) is 1. The Balaban J connectivity index is 3.34. The maximum Gasteiger partial charge on any atom is 0.255 e. The van der Waals surface area contributed by atoms with Gasteiger partial charge in [-0.1, -0.05) is 6.92 Å². The fourth-order valence-electron chi connectivity index (χ4n) is 1.20. The minimum Gasteiger partial charge on any atom is -0.496 e. The molecule has 0 unspecified atom stereocenters. The van der Waals surface area contributed by atoms with Gasteiger partial charge in [-0.2, -0.15) is 0 Å². The Morgan fingerprint density at radius 2 is 2.25 bits per heavy atom. The summed E-state index contributed by atoms with van der Waals surface area (Å²) in [6.45, 7) is 3.77. The van der Waals surface area contributed by atoms with Crippen LogP contribution in [0.5, 0.6) is 5.75 Å². The highest BCUT2D eigenvalue weighted by Crippen LogP contribution is 2.14. The highest BCUT2D eigenvalue weighted by molar-refractivity contribution is 5.32. The predicted octanol–water partition coefficient (Wildman–Crippen LogP) is 1.25.